The number of carbonyl (C=O) groups excluding carboxylic acids is 1. The lowest BCUT2D eigenvalue weighted by atomic mass is 9.77. The molecule has 0 unspecified atom stereocenters. The second-order valence-electron chi connectivity index (χ2n) is 6.84. The van der Waals surface area contributed by atoms with Crippen LogP contribution in [0.15, 0.2) is 42.7 Å². The summed E-state index contributed by atoms with van der Waals surface area (Å²) in [5.41, 5.74) is 1.85. The molecule has 3 rings (SSSR count). The van der Waals surface area contributed by atoms with Gasteiger partial charge in [-0.3, -0.25) is 4.68 Å². The van der Waals surface area contributed by atoms with Crippen LogP contribution in [-0.2, 0) is 6.54 Å². The average Bonchev–Trinajstić information content (AvgIpc) is 3.09. The number of aliphatic hydroxyl groups excluding tert-OH is 1. The summed E-state index contributed by atoms with van der Waals surface area (Å²) in [6, 6.07) is 9.99. The predicted molar refractivity (Wildman–Crippen MR) is 97.4 cm³/mol. The minimum absolute atomic E-state index is 0.0165. The first kappa shape index (κ1) is 17.5. The number of amides is 2. The number of anilines is 1. The Labute approximate surface area is 148 Å². The largest absolute Gasteiger partial charge is 0.396 e. The van der Waals surface area contributed by atoms with Gasteiger partial charge in [0, 0.05) is 25.9 Å². The van der Waals surface area contributed by atoms with E-state index in [4.69, 9.17) is 0 Å². The zero-order valence-electron chi connectivity index (χ0n) is 14.7. The highest BCUT2D eigenvalue weighted by Crippen LogP contribution is 2.34. The Morgan fingerprint density at radius 3 is 2.64 bits per heavy atom. The Hall–Kier alpha value is -2.34. The molecule has 2 aromatic rings. The molecule has 0 radical (unpaired) electrons. The van der Waals surface area contributed by atoms with E-state index in [1.807, 2.05) is 34.0 Å². The Kier molecular flexibility index (Phi) is 5.38. The number of hydrogen-bond acceptors (Lipinski definition) is 3. The second-order valence-corrected chi connectivity index (χ2v) is 6.84. The van der Waals surface area contributed by atoms with Crippen LogP contribution in [-0.4, -0.2) is 45.5 Å². The second kappa shape index (κ2) is 7.70. The molecular weight excluding hydrogens is 316 g/mol. The number of nitrogens with zero attached hydrogens (tertiary/aromatic N) is 3. The van der Waals surface area contributed by atoms with Crippen LogP contribution in [0.5, 0.6) is 0 Å². The van der Waals surface area contributed by atoms with Crippen LogP contribution in [0.2, 0.25) is 0 Å². The van der Waals surface area contributed by atoms with Gasteiger partial charge in [0.15, 0.2) is 0 Å². The molecule has 6 heteroatoms. The van der Waals surface area contributed by atoms with E-state index >= 15 is 0 Å². The highest BCUT2D eigenvalue weighted by Gasteiger charge is 2.33. The molecule has 6 nitrogen and oxygen atoms in total. The van der Waals surface area contributed by atoms with Crippen molar-refractivity contribution < 1.29 is 9.90 Å². The van der Waals surface area contributed by atoms with E-state index < -0.39 is 0 Å². The molecule has 134 valence electrons. The van der Waals surface area contributed by atoms with Gasteiger partial charge in [-0.2, -0.15) is 5.10 Å². The number of aliphatic hydroxyl groups is 1. The molecule has 0 saturated carbocycles. The lowest BCUT2D eigenvalue weighted by Gasteiger charge is -2.40. The minimum atomic E-state index is -0.0955. The van der Waals surface area contributed by atoms with Gasteiger partial charge in [-0.25, -0.2) is 4.79 Å². The van der Waals surface area contributed by atoms with Crippen LogP contribution in [0, 0.1) is 5.41 Å². The smallest absolute Gasteiger partial charge is 0.321 e. The molecule has 0 spiro atoms. The van der Waals surface area contributed by atoms with Crippen molar-refractivity contribution in [1.82, 2.24) is 14.7 Å². The SMILES string of the molecule is CCC1(CO)CCN(C(=O)Nc2cnn(Cc3ccccc3)c2)CC1. The van der Waals surface area contributed by atoms with Gasteiger partial charge in [0.1, 0.15) is 0 Å². The molecule has 2 amide bonds. The van der Waals surface area contributed by atoms with Crippen molar-refractivity contribution in [2.24, 2.45) is 5.41 Å². The molecule has 25 heavy (non-hydrogen) atoms. The van der Waals surface area contributed by atoms with Gasteiger partial charge in [-0.15, -0.1) is 0 Å². The van der Waals surface area contributed by atoms with Crippen molar-refractivity contribution in [3.05, 3.63) is 48.3 Å². The zero-order chi connectivity index (χ0) is 17.7. The zero-order valence-corrected chi connectivity index (χ0v) is 14.7. The summed E-state index contributed by atoms with van der Waals surface area (Å²) < 4.78 is 1.81. The molecule has 1 aromatic heterocycles. The maximum atomic E-state index is 12.4. The number of piperidine rings is 1. The van der Waals surface area contributed by atoms with Gasteiger partial charge in [-0.05, 0) is 30.2 Å². The highest BCUT2D eigenvalue weighted by molar-refractivity contribution is 5.89. The first-order valence-corrected chi connectivity index (χ1v) is 8.87. The number of rotatable bonds is 5. The van der Waals surface area contributed by atoms with E-state index in [2.05, 4.69) is 29.5 Å². The Morgan fingerprint density at radius 2 is 2.00 bits per heavy atom. The summed E-state index contributed by atoms with van der Waals surface area (Å²) in [4.78, 5) is 14.3. The first-order chi connectivity index (χ1) is 12.1. The number of aromatic nitrogens is 2. The van der Waals surface area contributed by atoms with Gasteiger partial charge in [0.05, 0.1) is 18.4 Å². The molecule has 2 heterocycles. The van der Waals surface area contributed by atoms with E-state index in [9.17, 15) is 9.90 Å². The van der Waals surface area contributed by atoms with Crippen molar-refractivity contribution in [2.75, 3.05) is 25.0 Å². The summed E-state index contributed by atoms with van der Waals surface area (Å²) in [6.45, 7) is 4.34. The third-order valence-electron chi connectivity index (χ3n) is 5.27. The molecule has 0 aliphatic carbocycles. The van der Waals surface area contributed by atoms with Gasteiger partial charge in [-0.1, -0.05) is 37.3 Å². The number of urea groups is 1. The minimum Gasteiger partial charge on any atom is -0.396 e. The maximum absolute atomic E-state index is 12.4. The summed E-state index contributed by atoms with van der Waals surface area (Å²) in [6.07, 6.45) is 6.17. The van der Waals surface area contributed by atoms with Gasteiger partial charge in [0.2, 0.25) is 0 Å². The van der Waals surface area contributed by atoms with Gasteiger partial charge < -0.3 is 15.3 Å². The van der Waals surface area contributed by atoms with E-state index in [-0.39, 0.29) is 18.1 Å². The molecular formula is C19H26N4O2. The van der Waals surface area contributed by atoms with Crippen molar-refractivity contribution in [2.45, 2.75) is 32.7 Å². The Bertz CT molecular complexity index is 684. The monoisotopic (exact) mass is 342 g/mol. The quantitative estimate of drug-likeness (QED) is 0.878. The van der Waals surface area contributed by atoms with Crippen LogP contribution in [0.25, 0.3) is 0 Å². The fourth-order valence-corrected chi connectivity index (χ4v) is 3.30. The fraction of sp³-hybridized carbons (Fsp3) is 0.474. The first-order valence-electron chi connectivity index (χ1n) is 8.87. The molecule has 2 N–H and O–H groups in total. The van der Waals surface area contributed by atoms with Crippen molar-refractivity contribution >= 4 is 11.7 Å². The van der Waals surface area contributed by atoms with Crippen LogP contribution < -0.4 is 5.32 Å². The number of benzene rings is 1. The molecule has 1 aliphatic rings. The van der Waals surface area contributed by atoms with Crippen LogP contribution in [0.4, 0.5) is 10.5 Å². The molecule has 1 aromatic carbocycles. The molecule has 1 aliphatic heterocycles. The Morgan fingerprint density at radius 1 is 1.28 bits per heavy atom. The average molecular weight is 342 g/mol. The number of likely N-dealkylation sites (tertiary alicyclic amines) is 1. The van der Waals surface area contributed by atoms with Crippen LogP contribution in [0.1, 0.15) is 31.7 Å². The summed E-state index contributed by atoms with van der Waals surface area (Å²) >= 11 is 0. The normalized spacial score (nSPS) is 16.6. The lowest BCUT2D eigenvalue weighted by Crippen LogP contribution is -2.46. The molecule has 0 atom stereocenters. The number of nitrogens with one attached hydrogen (secondary N) is 1. The fourth-order valence-electron chi connectivity index (χ4n) is 3.30. The standard InChI is InChI=1S/C19H26N4O2/c1-2-19(15-24)8-10-22(11-9-19)18(25)21-17-12-20-23(14-17)13-16-6-4-3-5-7-16/h3-7,12,14,24H,2,8-11,13,15H2,1H3,(H,21,25). The molecule has 0 bridgehead atoms. The molecule has 1 saturated heterocycles. The third-order valence-corrected chi connectivity index (χ3v) is 5.27. The third kappa shape index (κ3) is 4.20. The van der Waals surface area contributed by atoms with Crippen molar-refractivity contribution in [3.8, 4) is 0 Å². The summed E-state index contributed by atoms with van der Waals surface area (Å²) in [7, 11) is 0. The van der Waals surface area contributed by atoms with Crippen molar-refractivity contribution in [3.63, 3.8) is 0 Å². The number of hydrogen-bond donors (Lipinski definition) is 2. The Balaban J connectivity index is 1.54. The van der Waals surface area contributed by atoms with Gasteiger partial charge >= 0.3 is 6.03 Å². The van der Waals surface area contributed by atoms with E-state index in [1.54, 1.807) is 6.20 Å². The lowest BCUT2D eigenvalue weighted by molar-refractivity contribution is 0.0542. The highest BCUT2D eigenvalue weighted by atomic mass is 16.3. The predicted octanol–water partition coefficient (Wildman–Crippen LogP) is 2.95. The van der Waals surface area contributed by atoms with E-state index in [1.165, 1.54) is 5.56 Å². The van der Waals surface area contributed by atoms with E-state index in [0.29, 0.717) is 25.3 Å². The van der Waals surface area contributed by atoms with Crippen LogP contribution >= 0.6 is 0 Å². The summed E-state index contributed by atoms with van der Waals surface area (Å²) in [5.74, 6) is 0. The van der Waals surface area contributed by atoms with Crippen molar-refractivity contribution in [1.29, 1.82) is 0 Å². The maximum Gasteiger partial charge on any atom is 0.321 e. The number of carbonyl (C=O) groups is 1. The van der Waals surface area contributed by atoms with E-state index in [0.717, 1.165) is 19.3 Å². The topological polar surface area (TPSA) is 70.4 Å². The van der Waals surface area contributed by atoms with Crippen LogP contribution in [0.3, 0.4) is 0 Å². The summed E-state index contributed by atoms with van der Waals surface area (Å²) in [5, 5.41) is 16.8. The molecule has 1 fully saturated rings. The van der Waals surface area contributed by atoms with Gasteiger partial charge in [0.25, 0.3) is 0 Å².